The highest BCUT2D eigenvalue weighted by molar-refractivity contribution is 6.01. The summed E-state index contributed by atoms with van der Waals surface area (Å²) >= 11 is 0. The second-order valence-corrected chi connectivity index (χ2v) is 5.57. The summed E-state index contributed by atoms with van der Waals surface area (Å²) in [4.78, 5) is 27.1. The SMILES string of the molecule is COc1ccc(/C=C(/C#N)C(=O)Oc2ccc([N+](=O)[O-])c3cccnc23)cc1. The lowest BCUT2D eigenvalue weighted by Gasteiger charge is -2.07. The van der Waals surface area contributed by atoms with Crippen molar-refractivity contribution in [2.45, 2.75) is 0 Å². The van der Waals surface area contributed by atoms with Crippen molar-refractivity contribution in [1.82, 2.24) is 4.98 Å². The maximum Gasteiger partial charge on any atom is 0.354 e. The minimum Gasteiger partial charge on any atom is -0.497 e. The number of nitro benzene ring substituents is 1. The van der Waals surface area contributed by atoms with Crippen LogP contribution in [0.25, 0.3) is 17.0 Å². The van der Waals surface area contributed by atoms with Crippen molar-refractivity contribution in [3.05, 3.63) is 76.0 Å². The molecule has 138 valence electrons. The van der Waals surface area contributed by atoms with Gasteiger partial charge >= 0.3 is 5.97 Å². The molecular weight excluding hydrogens is 362 g/mol. The van der Waals surface area contributed by atoms with Crippen LogP contribution in [0, 0.1) is 21.4 Å². The highest BCUT2D eigenvalue weighted by Gasteiger charge is 2.19. The summed E-state index contributed by atoms with van der Waals surface area (Å²) in [5, 5.41) is 20.7. The summed E-state index contributed by atoms with van der Waals surface area (Å²) in [5.74, 6) is -0.220. The molecule has 8 nitrogen and oxygen atoms in total. The van der Waals surface area contributed by atoms with E-state index in [9.17, 15) is 20.2 Å². The topological polar surface area (TPSA) is 115 Å². The molecule has 0 N–H and O–H groups in total. The van der Waals surface area contributed by atoms with Crippen molar-refractivity contribution >= 4 is 28.6 Å². The van der Waals surface area contributed by atoms with Gasteiger partial charge in [0.05, 0.1) is 17.4 Å². The zero-order valence-electron chi connectivity index (χ0n) is 14.7. The van der Waals surface area contributed by atoms with Gasteiger partial charge in [-0.25, -0.2) is 4.79 Å². The zero-order chi connectivity index (χ0) is 20.1. The Hall–Kier alpha value is -4.25. The molecular formula is C20H13N3O5. The van der Waals surface area contributed by atoms with Gasteiger partial charge in [-0.15, -0.1) is 0 Å². The van der Waals surface area contributed by atoms with Crippen molar-refractivity contribution < 1.29 is 19.2 Å². The fourth-order valence-electron chi connectivity index (χ4n) is 2.53. The maximum absolute atomic E-state index is 12.4. The van der Waals surface area contributed by atoms with E-state index >= 15 is 0 Å². The molecule has 28 heavy (non-hydrogen) atoms. The van der Waals surface area contributed by atoms with Gasteiger partial charge < -0.3 is 9.47 Å². The number of esters is 1. The Kier molecular flexibility index (Phi) is 5.28. The molecule has 0 aliphatic rings. The summed E-state index contributed by atoms with van der Waals surface area (Å²) in [6, 6.07) is 14.1. The van der Waals surface area contributed by atoms with E-state index in [1.54, 1.807) is 36.4 Å². The molecule has 0 atom stereocenters. The number of benzene rings is 2. The van der Waals surface area contributed by atoms with Gasteiger partial charge in [0.15, 0.2) is 5.75 Å². The molecule has 0 bridgehead atoms. The number of methoxy groups -OCH3 is 1. The Labute approximate surface area is 159 Å². The molecule has 0 unspecified atom stereocenters. The molecule has 0 saturated carbocycles. The third-order valence-electron chi connectivity index (χ3n) is 3.88. The number of carbonyl (C=O) groups is 1. The number of pyridine rings is 1. The number of carbonyl (C=O) groups excluding carboxylic acids is 1. The quantitative estimate of drug-likeness (QED) is 0.167. The van der Waals surface area contributed by atoms with E-state index < -0.39 is 10.9 Å². The lowest BCUT2D eigenvalue weighted by molar-refractivity contribution is -0.383. The lowest BCUT2D eigenvalue weighted by Crippen LogP contribution is -2.11. The largest absolute Gasteiger partial charge is 0.497 e. The zero-order valence-corrected chi connectivity index (χ0v) is 14.7. The first-order valence-corrected chi connectivity index (χ1v) is 8.03. The van der Waals surface area contributed by atoms with E-state index in [-0.39, 0.29) is 27.9 Å². The molecule has 3 rings (SSSR count). The van der Waals surface area contributed by atoms with Gasteiger partial charge in [0.1, 0.15) is 22.9 Å². The number of non-ortho nitro benzene ring substituents is 1. The van der Waals surface area contributed by atoms with Crippen LogP contribution in [0.3, 0.4) is 0 Å². The number of nitriles is 1. The van der Waals surface area contributed by atoms with Crippen molar-refractivity contribution in [3.63, 3.8) is 0 Å². The van der Waals surface area contributed by atoms with E-state index in [2.05, 4.69) is 4.98 Å². The molecule has 0 radical (unpaired) electrons. The predicted molar refractivity (Wildman–Crippen MR) is 101 cm³/mol. The second kappa shape index (κ2) is 7.97. The molecule has 3 aromatic rings. The minimum atomic E-state index is -0.890. The first-order valence-electron chi connectivity index (χ1n) is 8.03. The van der Waals surface area contributed by atoms with Gasteiger partial charge in [0, 0.05) is 12.3 Å². The van der Waals surface area contributed by atoms with Crippen molar-refractivity contribution in [2.75, 3.05) is 7.11 Å². The maximum atomic E-state index is 12.4. The van der Waals surface area contributed by atoms with Crippen molar-refractivity contribution in [3.8, 4) is 17.6 Å². The van der Waals surface area contributed by atoms with E-state index in [1.807, 2.05) is 0 Å². The van der Waals surface area contributed by atoms with Gasteiger partial charge in [-0.2, -0.15) is 5.26 Å². The lowest BCUT2D eigenvalue weighted by atomic mass is 10.1. The standard InChI is InChI=1S/C20H13N3O5/c1-27-15-6-4-13(5-7-15)11-14(12-21)20(24)28-18-9-8-17(23(25)26)16-3-2-10-22-19(16)18/h2-11H,1H3/b14-11-. The minimum absolute atomic E-state index is 0.0297. The third kappa shape index (κ3) is 3.78. The number of nitro groups is 1. The van der Waals surface area contributed by atoms with E-state index in [0.29, 0.717) is 11.3 Å². The summed E-state index contributed by atoms with van der Waals surface area (Å²) in [6.45, 7) is 0. The Morgan fingerprint density at radius 2 is 1.96 bits per heavy atom. The van der Waals surface area contributed by atoms with Crippen molar-refractivity contribution in [1.29, 1.82) is 5.26 Å². The molecule has 0 aliphatic carbocycles. The molecule has 2 aromatic carbocycles. The first kappa shape index (κ1) is 18.5. The number of nitrogens with zero attached hydrogens (tertiary/aromatic N) is 3. The van der Waals surface area contributed by atoms with Crippen LogP contribution in [0.15, 0.2) is 60.3 Å². The van der Waals surface area contributed by atoms with Crippen LogP contribution < -0.4 is 9.47 Å². The third-order valence-corrected chi connectivity index (χ3v) is 3.88. The normalized spacial score (nSPS) is 10.9. The average molecular weight is 375 g/mol. The van der Waals surface area contributed by atoms with Gasteiger partial charge in [-0.3, -0.25) is 15.1 Å². The number of aromatic nitrogens is 1. The van der Waals surface area contributed by atoms with Crippen LogP contribution in [-0.2, 0) is 4.79 Å². The van der Waals surface area contributed by atoms with Gasteiger partial charge in [0.2, 0.25) is 0 Å². The Balaban J connectivity index is 1.93. The van der Waals surface area contributed by atoms with Crippen LogP contribution in [0.4, 0.5) is 5.69 Å². The van der Waals surface area contributed by atoms with Crippen LogP contribution in [-0.4, -0.2) is 23.0 Å². The summed E-state index contributed by atoms with van der Waals surface area (Å²) < 4.78 is 10.4. The van der Waals surface area contributed by atoms with Crippen LogP contribution in [0.2, 0.25) is 0 Å². The molecule has 0 aliphatic heterocycles. The highest BCUT2D eigenvalue weighted by atomic mass is 16.6. The summed E-state index contributed by atoms with van der Waals surface area (Å²) in [5.41, 5.74) is 0.387. The predicted octanol–water partition coefficient (Wildman–Crippen LogP) is 3.66. The molecule has 1 aromatic heterocycles. The molecule has 0 spiro atoms. The van der Waals surface area contributed by atoms with E-state index in [1.165, 1.54) is 37.6 Å². The smallest absolute Gasteiger partial charge is 0.354 e. The van der Waals surface area contributed by atoms with E-state index in [4.69, 9.17) is 9.47 Å². The second-order valence-electron chi connectivity index (χ2n) is 5.57. The average Bonchev–Trinajstić information content (AvgIpc) is 2.72. The van der Waals surface area contributed by atoms with Gasteiger partial charge in [-0.1, -0.05) is 12.1 Å². The van der Waals surface area contributed by atoms with Gasteiger partial charge in [0.25, 0.3) is 5.69 Å². The Morgan fingerprint density at radius 1 is 1.21 bits per heavy atom. The summed E-state index contributed by atoms with van der Waals surface area (Å²) in [6.07, 6.45) is 2.81. The fourth-order valence-corrected chi connectivity index (χ4v) is 2.53. The highest BCUT2D eigenvalue weighted by Crippen LogP contribution is 2.31. The molecule has 0 saturated heterocycles. The fraction of sp³-hybridized carbons (Fsp3) is 0.0500. The number of fused-ring (bicyclic) bond motifs is 1. The Bertz CT molecular complexity index is 1130. The van der Waals surface area contributed by atoms with Crippen LogP contribution >= 0.6 is 0 Å². The molecule has 8 heteroatoms. The van der Waals surface area contributed by atoms with Crippen LogP contribution in [0.5, 0.6) is 11.5 Å². The first-order chi connectivity index (χ1) is 13.5. The van der Waals surface area contributed by atoms with E-state index in [0.717, 1.165) is 0 Å². The molecule has 0 amide bonds. The summed E-state index contributed by atoms with van der Waals surface area (Å²) in [7, 11) is 1.53. The number of hydrogen-bond donors (Lipinski definition) is 0. The number of hydrogen-bond acceptors (Lipinski definition) is 7. The Morgan fingerprint density at radius 3 is 2.61 bits per heavy atom. The molecule has 0 fully saturated rings. The molecule has 1 heterocycles. The number of rotatable bonds is 5. The number of ether oxygens (including phenoxy) is 2. The van der Waals surface area contributed by atoms with Gasteiger partial charge in [-0.05, 0) is 42.0 Å². The monoisotopic (exact) mass is 375 g/mol. The van der Waals surface area contributed by atoms with Crippen molar-refractivity contribution in [2.24, 2.45) is 0 Å². The van der Waals surface area contributed by atoms with Crippen LogP contribution in [0.1, 0.15) is 5.56 Å².